The van der Waals surface area contributed by atoms with Gasteiger partial charge in [-0.1, -0.05) is 6.07 Å². The molecule has 4 saturated carbocycles. The van der Waals surface area contributed by atoms with Crippen molar-refractivity contribution in [1.82, 2.24) is 5.32 Å². The molecule has 0 amide bonds. The zero-order valence-electron chi connectivity index (χ0n) is 13.8. The third-order valence-electron chi connectivity index (χ3n) is 6.12. The molecule has 4 bridgehead atoms. The molecule has 124 valence electrons. The van der Waals surface area contributed by atoms with Gasteiger partial charge in [0.05, 0.1) is 7.11 Å². The summed E-state index contributed by atoms with van der Waals surface area (Å²) in [6.45, 7) is 1.03. The number of ether oxygens (including phenoxy) is 1. The van der Waals surface area contributed by atoms with Crippen LogP contribution in [0, 0.1) is 23.2 Å². The number of rotatable bonds is 4. The Kier molecular flexibility index (Phi) is 3.96. The molecule has 0 atom stereocenters. The van der Waals surface area contributed by atoms with E-state index in [-0.39, 0.29) is 0 Å². The largest absolute Gasteiger partial charge is 0.497 e. The first kappa shape index (κ1) is 15.3. The smallest absolute Gasteiger partial charge is 0.170 e. The van der Waals surface area contributed by atoms with Crippen LogP contribution in [-0.4, -0.2) is 18.8 Å². The molecule has 0 spiro atoms. The van der Waals surface area contributed by atoms with E-state index in [9.17, 15) is 0 Å². The number of thiocarbonyl (C=S) groups is 1. The van der Waals surface area contributed by atoms with Crippen molar-refractivity contribution in [3.05, 3.63) is 24.3 Å². The molecular formula is C19H26N2OS. The lowest BCUT2D eigenvalue weighted by atomic mass is 9.49. The Morgan fingerprint density at radius 3 is 2.43 bits per heavy atom. The van der Waals surface area contributed by atoms with Gasteiger partial charge < -0.3 is 15.4 Å². The molecule has 0 aliphatic heterocycles. The van der Waals surface area contributed by atoms with Crippen LogP contribution in [-0.2, 0) is 0 Å². The van der Waals surface area contributed by atoms with Crippen molar-refractivity contribution in [2.45, 2.75) is 38.5 Å². The Hall–Kier alpha value is -1.29. The Labute approximate surface area is 144 Å². The van der Waals surface area contributed by atoms with E-state index < -0.39 is 0 Å². The van der Waals surface area contributed by atoms with E-state index in [1.807, 2.05) is 24.3 Å². The van der Waals surface area contributed by atoms with Crippen LogP contribution in [0.5, 0.6) is 5.75 Å². The van der Waals surface area contributed by atoms with Gasteiger partial charge >= 0.3 is 0 Å². The molecular weight excluding hydrogens is 304 g/mol. The van der Waals surface area contributed by atoms with Crippen molar-refractivity contribution in [2.75, 3.05) is 19.0 Å². The highest BCUT2D eigenvalue weighted by Crippen LogP contribution is 2.59. The number of hydrogen-bond acceptors (Lipinski definition) is 2. The molecule has 0 aromatic heterocycles. The summed E-state index contributed by atoms with van der Waals surface area (Å²) in [6, 6.07) is 7.90. The van der Waals surface area contributed by atoms with E-state index in [2.05, 4.69) is 10.6 Å². The number of anilines is 1. The third-order valence-corrected chi connectivity index (χ3v) is 6.36. The Morgan fingerprint density at radius 2 is 1.83 bits per heavy atom. The minimum atomic E-state index is 0.509. The van der Waals surface area contributed by atoms with Gasteiger partial charge in [0.1, 0.15) is 5.75 Å². The van der Waals surface area contributed by atoms with Crippen molar-refractivity contribution < 1.29 is 4.74 Å². The standard InChI is InChI=1S/C19H26N2OS/c1-22-17-4-2-3-16(8-17)21-18(23)20-12-19-9-13-5-14(10-19)7-15(6-13)11-19/h2-4,8,13-15H,5-7,9-12H2,1H3,(H2,20,21,23). The minimum absolute atomic E-state index is 0.509. The predicted octanol–water partition coefficient (Wildman–Crippen LogP) is 4.20. The number of hydrogen-bond donors (Lipinski definition) is 2. The second-order valence-corrected chi connectivity index (χ2v) is 8.37. The average Bonchev–Trinajstić information content (AvgIpc) is 2.52. The first-order valence-corrected chi connectivity index (χ1v) is 9.24. The first-order valence-electron chi connectivity index (χ1n) is 8.83. The van der Waals surface area contributed by atoms with E-state index in [1.165, 1.54) is 38.5 Å². The highest BCUT2D eigenvalue weighted by Gasteiger charge is 2.50. The summed E-state index contributed by atoms with van der Waals surface area (Å²) in [7, 11) is 1.68. The molecule has 1 aromatic carbocycles. The average molecular weight is 330 g/mol. The summed E-state index contributed by atoms with van der Waals surface area (Å²) in [6.07, 6.45) is 8.71. The molecule has 0 saturated heterocycles. The van der Waals surface area contributed by atoms with Crippen molar-refractivity contribution in [3.63, 3.8) is 0 Å². The van der Waals surface area contributed by atoms with E-state index >= 15 is 0 Å². The predicted molar refractivity (Wildman–Crippen MR) is 97.8 cm³/mol. The van der Waals surface area contributed by atoms with E-state index in [4.69, 9.17) is 17.0 Å². The Morgan fingerprint density at radius 1 is 1.17 bits per heavy atom. The molecule has 2 N–H and O–H groups in total. The van der Waals surface area contributed by atoms with E-state index in [1.54, 1.807) is 7.11 Å². The van der Waals surface area contributed by atoms with E-state index in [0.29, 0.717) is 5.41 Å². The lowest BCUT2D eigenvalue weighted by molar-refractivity contribution is -0.0490. The summed E-state index contributed by atoms with van der Waals surface area (Å²) < 4.78 is 5.26. The van der Waals surface area contributed by atoms with Gasteiger partial charge in [-0.3, -0.25) is 0 Å². The molecule has 23 heavy (non-hydrogen) atoms. The Bertz CT molecular complexity index is 566. The van der Waals surface area contributed by atoms with Gasteiger partial charge in [0, 0.05) is 18.3 Å². The molecule has 0 heterocycles. The molecule has 4 aliphatic carbocycles. The van der Waals surface area contributed by atoms with Crippen LogP contribution in [0.25, 0.3) is 0 Å². The summed E-state index contributed by atoms with van der Waals surface area (Å²) in [5.74, 6) is 3.81. The number of benzene rings is 1. The van der Waals surface area contributed by atoms with Crippen LogP contribution in [0.15, 0.2) is 24.3 Å². The second kappa shape index (κ2) is 5.97. The highest BCUT2D eigenvalue weighted by atomic mass is 32.1. The summed E-state index contributed by atoms with van der Waals surface area (Å²) >= 11 is 5.51. The van der Waals surface area contributed by atoms with Gasteiger partial charge in [0.25, 0.3) is 0 Å². The lowest BCUT2D eigenvalue weighted by Gasteiger charge is -2.57. The van der Waals surface area contributed by atoms with Crippen molar-refractivity contribution in [2.24, 2.45) is 23.2 Å². The van der Waals surface area contributed by atoms with Crippen LogP contribution in [0.4, 0.5) is 5.69 Å². The number of methoxy groups -OCH3 is 1. The maximum absolute atomic E-state index is 5.51. The molecule has 4 fully saturated rings. The van der Waals surface area contributed by atoms with Crippen LogP contribution in [0.1, 0.15) is 38.5 Å². The molecule has 5 rings (SSSR count). The summed E-state index contributed by atoms with van der Waals surface area (Å²) in [5, 5.41) is 7.53. The summed E-state index contributed by atoms with van der Waals surface area (Å²) in [4.78, 5) is 0. The highest BCUT2D eigenvalue weighted by molar-refractivity contribution is 7.80. The van der Waals surface area contributed by atoms with Crippen molar-refractivity contribution >= 4 is 23.0 Å². The van der Waals surface area contributed by atoms with Crippen molar-refractivity contribution in [3.8, 4) is 5.75 Å². The van der Waals surface area contributed by atoms with Gasteiger partial charge in [-0.25, -0.2) is 0 Å². The van der Waals surface area contributed by atoms with Crippen LogP contribution in [0.3, 0.4) is 0 Å². The molecule has 3 nitrogen and oxygen atoms in total. The fourth-order valence-corrected chi connectivity index (χ4v) is 5.84. The van der Waals surface area contributed by atoms with E-state index in [0.717, 1.165) is 40.8 Å². The van der Waals surface area contributed by atoms with Gasteiger partial charge in [-0.05, 0) is 86.0 Å². The topological polar surface area (TPSA) is 33.3 Å². The van der Waals surface area contributed by atoms with Crippen LogP contribution >= 0.6 is 12.2 Å². The molecule has 0 unspecified atom stereocenters. The van der Waals surface area contributed by atoms with Crippen LogP contribution in [0.2, 0.25) is 0 Å². The maximum atomic E-state index is 5.51. The molecule has 4 heteroatoms. The monoisotopic (exact) mass is 330 g/mol. The first-order chi connectivity index (χ1) is 11.1. The molecule has 0 radical (unpaired) electrons. The van der Waals surface area contributed by atoms with Gasteiger partial charge in [0.2, 0.25) is 0 Å². The van der Waals surface area contributed by atoms with Gasteiger partial charge in [-0.2, -0.15) is 0 Å². The fraction of sp³-hybridized carbons (Fsp3) is 0.632. The zero-order chi connectivity index (χ0) is 15.9. The maximum Gasteiger partial charge on any atom is 0.170 e. The Balaban J connectivity index is 1.34. The zero-order valence-corrected chi connectivity index (χ0v) is 14.6. The van der Waals surface area contributed by atoms with Crippen molar-refractivity contribution in [1.29, 1.82) is 0 Å². The third kappa shape index (κ3) is 3.18. The normalized spacial score (nSPS) is 34.2. The fourth-order valence-electron chi connectivity index (χ4n) is 5.65. The van der Waals surface area contributed by atoms with Gasteiger partial charge in [-0.15, -0.1) is 0 Å². The SMILES string of the molecule is COc1cccc(NC(=S)NCC23CC4CC(CC(C4)C2)C3)c1. The lowest BCUT2D eigenvalue weighted by Crippen LogP contribution is -2.51. The van der Waals surface area contributed by atoms with Crippen LogP contribution < -0.4 is 15.4 Å². The minimum Gasteiger partial charge on any atom is -0.497 e. The quantitative estimate of drug-likeness (QED) is 0.811. The van der Waals surface area contributed by atoms with Gasteiger partial charge in [0.15, 0.2) is 5.11 Å². The summed E-state index contributed by atoms with van der Waals surface area (Å²) in [5.41, 5.74) is 1.49. The number of nitrogens with one attached hydrogen (secondary N) is 2. The molecule has 1 aromatic rings. The second-order valence-electron chi connectivity index (χ2n) is 7.96. The molecule has 4 aliphatic rings.